The largest absolute Gasteiger partial charge is 0.447 e. The van der Waals surface area contributed by atoms with Crippen molar-refractivity contribution in [3.63, 3.8) is 0 Å². The summed E-state index contributed by atoms with van der Waals surface area (Å²) in [6, 6.07) is 0. The third-order valence-corrected chi connectivity index (χ3v) is 3.70. The Labute approximate surface area is 109 Å². The smallest absolute Gasteiger partial charge is 0.394 e. The average molecular weight is 252 g/mol. The lowest BCUT2D eigenvalue weighted by Crippen LogP contribution is -2.30. The fraction of sp³-hybridized carbons (Fsp3) is 0.786. The maximum atomic E-state index is 5.91. The number of hydrogen-bond acceptors (Lipinski definition) is 4. The standard InChI is InChI=1S/C14H24N2O2/c1-3-11-7-5-6-8-13(11)18-14-16-12(10-17-14)9-15-4-2/h10-11,13,15H,3-9H2,1-2H3. The molecule has 1 aromatic heterocycles. The number of oxazole rings is 1. The van der Waals surface area contributed by atoms with Gasteiger partial charge in [0.25, 0.3) is 0 Å². The fourth-order valence-corrected chi connectivity index (χ4v) is 2.60. The van der Waals surface area contributed by atoms with E-state index in [-0.39, 0.29) is 6.10 Å². The first kappa shape index (κ1) is 13.4. The lowest BCUT2D eigenvalue weighted by atomic mass is 9.85. The molecule has 1 heterocycles. The molecular formula is C14H24N2O2. The van der Waals surface area contributed by atoms with Gasteiger partial charge in [-0.05, 0) is 38.1 Å². The maximum Gasteiger partial charge on any atom is 0.394 e. The van der Waals surface area contributed by atoms with Crippen LogP contribution < -0.4 is 10.1 Å². The normalized spacial score (nSPS) is 24.1. The van der Waals surface area contributed by atoms with Crippen molar-refractivity contribution in [2.24, 2.45) is 5.92 Å². The van der Waals surface area contributed by atoms with Crippen LogP contribution in [-0.2, 0) is 6.54 Å². The van der Waals surface area contributed by atoms with E-state index in [1.165, 1.54) is 25.7 Å². The van der Waals surface area contributed by atoms with Crippen molar-refractivity contribution in [1.29, 1.82) is 0 Å². The molecule has 2 rings (SSSR count). The Kier molecular flexibility index (Phi) is 5.05. The molecule has 0 amide bonds. The minimum absolute atomic E-state index is 0.286. The number of rotatable bonds is 6. The van der Waals surface area contributed by atoms with E-state index >= 15 is 0 Å². The van der Waals surface area contributed by atoms with Crippen molar-refractivity contribution in [2.45, 2.75) is 58.6 Å². The van der Waals surface area contributed by atoms with Crippen LogP contribution in [0.15, 0.2) is 10.7 Å². The summed E-state index contributed by atoms with van der Waals surface area (Å²) in [6.45, 7) is 5.98. The van der Waals surface area contributed by atoms with Gasteiger partial charge >= 0.3 is 6.08 Å². The van der Waals surface area contributed by atoms with Gasteiger partial charge < -0.3 is 14.5 Å². The lowest BCUT2D eigenvalue weighted by Gasteiger charge is -2.29. The van der Waals surface area contributed by atoms with Crippen molar-refractivity contribution >= 4 is 0 Å². The third-order valence-electron chi connectivity index (χ3n) is 3.70. The van der Waals surface area contributed by atoms with Gasteiger partial charge in [-0.1, -0.05) is 20.3 Å². The molecule has 1 aromatic rings. The van der Waals surface area contributed by atoms with E-state index in [0.717, 1.165) is 25.2 Å². The summed E-state index contributed by atoms with van der Waals surface area (Å²) in [5.41, 5.74) is 0.913. The van der Waals surface area contributed by atoms with Crippen molar-refractivity contribution in [1.82, 2.24) is 10.3 Å². The summed E-state index contributed by atoms with van der Waals surface area (Å²) in [6.07, 6.45) is 8.57. The molecule has 0 aliphatic heterocycles. The first-order valence-electron chi connectivity index (χ1n) is 7.15. The maximum absolute atomic E-state index is 5.91. The van der Waals surface area contributed by atoms with Crippen LogP contribution in [0.2, 0.25) is 0 Å². The first-order valence-corrected chi connectivity index (χ1v) is 7.15. The number of ether oxygens (including phenoxy) is 1. The summed E-state index contributed by atoms with van der Waals surface area (Å²) in [5.74, 6) is 0.655. The number of nitrogens with zero attached hydrogens (tertiary/aromatic N) is 1. The highest BCUT2D eigenvalue weighted by Crippen LogP contribution is 2.30. The van der Waals surface area contributed by atoms with Gasteiger partial charge in [0.2, 0.25) is 0 Å². The van der Waals surface area contributed by atoms with Gasteiger partial charge in [0.05, 0.1) is 5.69 Å². The summed E-state index contributed by atoms with van der Waals surface area (Å²) >= 11 is 0. The molecule has 2 unspecified atom stereocenters. The molecule has 0 spiro atoms. The number of aromatic nitrogens is 1. The van der Waals surface area contributed by atoms with Crippen LogP contribution in [0, 0.1) is 5.92 Å². The van der Waals surface area contributed by atoms with Crippen LogP contribution in [0.1, 0.15) is 51.6 Å². The van der Waals surface area contributed by atoms with Gasteiger partial charge in [-0.2, -0.15) is 4.98 Å². The highest BCUT2D eigenvalue weighted by Gasteiger charge is 2.26. The van der Waals surface area contributed by atoms with Crippen LogP contribution in [0.3, 0.4) is 0 Å². The average Bonchev–Trinajstić information content (AvgIpc) is 2.84. The molecule has 1 fully saturated rings. The van der Waals surface area contributed by atoms with E-state index in [2.05, 4.69) is 24.1 Å². The van der Waals surface area contributed by atoms with E-state index in [1.807, 2.05) is 0 Å². The Bertz CT molecular complexity index is 351. The molecule has 1 saturated carbocycles. The SMILES string of the molecule is CCNCc1coc(OC2CCCCC2CC)n1. The Hall–Kier alpha value is -1.03. The Morgan fingerprint density at radius 1 is 1.39 bits per heavy atom. The summed E-state index contributed by atoms with van der Waals surface area (Å²) in [4.78, 5) is 4.36. The summed E-state index contributed by atoms with van der Waals surface area (Å²) in [5, 5.41) is 3.22. The Balaban J connectivity index is 1.89. The molecule has 0 saturated heterocycles. The highest BCUT2D eigenvalue weighted by atomic mass is 16.6. The molecule has 1 N–H and O–H groups in total. The second-order valence-electron chi connectivity index (χ2n) is 4.99. The molecule has 4 nitrogen and oxygen atoms in total. The molecule has 4 heteroatoms. The monoisotopic (exact) mass is 252 g/mol. The molecule has 2 atom stereocenters. The molecule has 1 aliphatic rings. The molecule has 0 aromatic carbocycles. The second-order valence-corrected chi connectivity index (χ2v) is 4.99. The van der Waals surface area contributed by atoms with E-state index in [9.17, 15) is 0 Å². The van der Waals surface area contributed by atoms with Crippen molar-refractivity contribution in [2.75, 3.05) is 6.54 Å². The second kappa shape index (κ2) is 6.78. The van der Waals surface area contributed by atoms with E-state index < -0.39 is 0 Å². The molecule has 102 valence electrons. The minimum atomic E-state index is 0.286. The van der Waals surface area contributed by atoms with Gasteiger partial charge in [0.15, 0.2) is 0 Å². The Morgan fingerprint density at radius 3 is 3.00 bits per heavy atom. The fourth-order valence-electron chi connectivity index (χ4n) is 2.60. The van der Waals surface area contributed by atoms with Crippen LogP contribution in [0.5, 0.6) is 6.08 Å². The van der Waals surface area contributed by atoms with E-state index in [1.54, 1.807) is 6.26 Å². The molecular weight excluding hydrogens is 228 g/mol. The first-order chi connectivity index (χ1) is 8.83. The van der Waals surface area contributed by atoms with Gasteiger partial charge in [0.1, 0.15) is 12.4 Å². The predicted octanol–water partition coefficient (Wildman–Crippen LogP) is 3.13. The molecule has 18 heavy (non-hydrogen) atoms. The topological polar surface area (TPSA) is 47.3 Å². The molecule has 0 radical (unpaired) electrons. The zero-order valence-corrected chi connectivity index (χ0v) is 11.4. The van der Waals surface area contributed by atoms with Crippen LogP contribution >= 0.6 is 0 Å². The Morgan fingerprint density at radius 2 is 2.22 bits per heavy atom. The minimum Gasteiger partial charge on any atom is -0.447 e. The van der Waals surface area contributed by atoms with Crippen LogP contribution in [0.25, 0.3) is 0 Å². The molecule has 0 bridgehead atoms. The van der Waals surface area contributed by atoms with Gasteiger partial charge in [-0.15, -0.1) is 0 Å². The summed E-state index contributed by atoms with van der Waals surface area (Å²) in [7, 11) is 0. The van der Waals surface area contributed by atoms with Crippen LogP contribution in [0.4, 0.5) is 0 Å². The van der Waals surface area contributed by atoms with Gasteiger partial charge in [-0.25, -0.2) is 0 Å². The lowest BCUT2D eigenvalue weighted by molar-refractivity contribution is 0.0610. The zero-order valence-electron chi connectivity index (χ0n) is 11.4. The predicted molar refractivity (Wildman–Crippen MR) is 70.5 cm³/mol. The zero-order chi connectivity index (χ0) is 12.8. The third kappa shape index (κ3) is 3.48. The highest BCUT2D eigenvalue weighted by molar-refractivity contribution is 5.00. The number of hydrogen-bond donors (Lipinski definition) is 1. The van der Waals surface area contributed by atoms with Crippen molar-refractivity contribution in [3.8, 4) is 6.08 Å². The van der Waals surface area contributed by atoms with E-state index in [4.69, 9.17) is 9.15 Å². The van der Waals surface area contributed by atoms with Gasteiger partial charge in [-0.3, -0.25) is 0 Å². The summed E-state index contributed by atoms with van der Waals surface area (Å²) < 4.78 is 11.3. The van der Waals surface area contributed by atoms with Gasteiger partial charge in [0, 0.05) is 6.54 Å². The molecule has 1 aliphatic carbocycles. The van der Waals surface area contributed by atoms with Crippen LogP contribution in [-0.4, -0.2) is 17.6 Å². The quantitative estimate of drug-likeness (QED) is 0.845. The van der Waals surface area contributed by atoms with Crippen molar-refractivity contribution in [3.05, 3.63) is 12.0 Å². The van der Waals surface area contributed by atoms with E-state index in [0.29, 0.717) is 12.0 Å². The number of nitrogens with one attached hydrogen (secondary N) is 1. The van der Waals surface area contributed by atoms with Crippen molar-refractivity contribution < 1.29 is 9.15 Å².